The second kappa shape index (κ2) is 8.94. The SMILES string of the molecule is CC(C)c1nc(CNC(=O)c2ccc(S(=O)(=O)Nc3ccc(Cl)cc3)cc2)cs1. The van der Waals surface area contributed by atoms with Crippen LogP contribution in [0.25, 0.3) is 0 Å². The standard InChI is InChI=1S/C20H20ClN3O3S2/c1-13(2)20-23-17(12-28-20)11-22-19(25)14-3-9-18(10-4-14)29(26,27)24-16-7-5-15(21)6-8-16/h3-10,12-13,24H,11H2,1-2H3,(H,22,25). The molecule has 1 aromatic heterocycles. The normalized spacial score (nSPS) is 11.4. The lowest BCUT2D eigenvalue weighted by molar-refractivity contribution is 0.0950. The van der Waals surface area contributed by atoms with Gasteiger partial charge in [0.1, 0.15) is 0 Å². The first-order chi connectivity index (χ1) is 13.7. The van der Waals surface area contributed by atoms with Gasteiger partial charge in [-0.3, -0.25) is 9.52 Å². The predicted octanol–water partition coefficient (Wildman–Crippen LogP) is 4.65. The summed E-state index contributed by atoms with van der Waals surface area (Å²) >= 11 is 7.38. The zero-order valence-electron chi connectivity index (χ0n) is 15.8. The van der Waals surface area contributed by atoms with Gasteiger partial charge < -0.3 is 5.32 Å². The van der Waals surface area contributed by atoms with E-state index in [1.165, 1.54) is 24.3 Å². The molecule has 3 aromatic rings. The Morgan fingerprint density at radius 1 is 1.10 bits per heavy atom. The fourth-order valence-corrected chi connectivity index (χ4v) is 4.48. The van der Waals surface area contributed by atoms with Crippen molar-refractivity contribution in [1.82, 2.24) is 10.3 Å². The zero-order valence-corrected chi connectivity index (χ0v) is 18.2. The van der Waals surface area contributed by atoms with Gasteiger partial charge >= 0.3 is 0 Å². The molecule has 0 saturated carbocycles. The van der Waals surface area contributed by atoms with Crippen molar-refractivity contribution in [3.8, 4) is 0 Å². The minimum absolute atomic E-state index is 0.0603. The predicted molar refractivity (Wildman–Crippen MR) is 116 cm³/mol. The summed E-state index contributed by atoms with van der Waals surface area (Å²) in [6, 6.07) is 12.1. The summed E-state index contributed by atoms with van der Waals surface area (Å²) in [6.45, 7) is 4.46. The Hall–Kier alpha value is -2.42. The Morgan fingerprint density at radius 3 is 2.34 bits per heavy atom. The van der Waals surface area contributed by atoms with Gasteiger partial charge in [-0.15, -0.1) is 11.3 Å². The van der Waals surface area contributed by atoms with Crippen molar-refractivity contribution in [2.24, 2.45) is 0 Å². The number of anilines is 1. The molecule has 0 fully saturated rings. The third-order valence-electron chi connectivity index (χ3n) is 4.02. The van der Waals surface area contributed by atoms with Crippen LogP contribution in [0.3, 0.4) is 0 Å². The molecule has 1 amide bonds. The number of nitrogens with zero attached hydrogens (tertiary/aromatic N) is 1. The van der Waals surface area contributed by atoms with E-state index in [0.29, 0.717) is 28.7 Å². The maximum absolute atomic E-state index is 12.5. The quantitative estimate of drug-likeness (QED) is 0.549. The number of amides is 1. The molecule has 3 rings (SSSR count). The second-order valence-electron chi connectivity index (χ2n) is 6.65. The minimum Gasteiger partial charge on any atom is -0.346 e. The molecule has 152 valence electrons. The first-order valence-corrected chi connectivity index (χ1v) is 11.6. The van der Waals surface area contributed by atoms with Crippen LogP contribution >= 0.6 is 22.9 Å². The lowest BCUT2D eigenvalue weighted by Gasteiger charge is -2.09. The Kier molecular flexibility index (Phi) is 6.56. The molecule has 29 heavy (non-hydrogen) atoms. The first kappa shape index (κ1) is 21.3. The zero-order chi connectivity index (χ0) is 21.0. The van der Waals surface area contributed by atoms with E-state index in [9.17, 15) is 13.2 Å². The van der Waals surface area contributed by atoms with Crippen LogP contribution < -0.4 is 10.0 Å². The van der Waals surface area contributed by atoms with Crippen molar-refractivity contribution >= 4 is 44.6 Å². The number of hydrogen-bond acceptors (Lipinski definition) is 5. The summed E-state index contributed by atoms with van der Waals surface area (Å²) in [7, 11) is -3.76. The molecule has 6 nitrogen and oxygen atoms in total. The minimum atomic E-state index is -3.76. The maximum atomic E-state index is 12.5. The van der Waals surface area contributed by atoms with Gasteiger partial charge in [-0.1, -0.05) is 25.4 Å². The summed E-state index contributed by atoms with van der Waals surface area (Å²) in [6.07, 6.45) is 0. The smallest absolute Gasteiger partial charge is 0.261 e. The van der Waals surface area contributed by atoms with Crippen molar-refractivity contribution in [3.63, 3.8) is 0 Å². The second-order valence-corrected chi connectivity index (χ2v) is 9.66. The third-order valence-corrected chi connectivity index (χ3v) is 6.86. The number of rotatable bonds is 7. The molecule has 0 aliphatic carbocycles. The number of aromatic nitrogens is 1. The molecule has 2 N–H and O–H groups in total. The largest absolute Gasteiger partial charge is 0.346 e. The Labute approximate surface area is 179 Å². The molecular formula is C20H20ClN3O3S2. The maximum Gasteiger partial charge on any atom is 0.261 e. The summed E-state index contributed by atoms with van der Waals surface area (Å²) in [4.78, 5) is 16.9. The van der Waals surface area contributed by atoms with Crippen LogP contribution in [-0.2, 0) is 16.6 Å². The van der Waals surface area contributed by atoms with Gasteiger partial charge in [0.2, 0.25) is 0 Å². The van der Waals surface area contributed by atoms with E-state index in [-0.39, 0.29) is 10.8 Å². The molecule has 0 aliphatic heterocycles. The van der Waals surface area contributed by atoms with Gasteiger partial charge in [-0.05, 0) is 48.5 Å². The van der Waals surface area contributed by atoms with Gasteiger partial charge in [-0.2, -0.15) is 0 Å². The van der Waals surface area contributed by atoms with Crippen molar-refractivity contribution in [3.05, 3.63) is 75.2 Å². The molecule has 0 unspecified atom stereocenters. The molecular weight excluding hydrogens is 430 g/mol. The van der Waals surface area contributed by atoms with E-state index in [0.717, 1.165) is 10.7 Å². The highest BCUT2D eigenvalue weighted by Crippen LogP contribution is 2.20. The van der Waals surface area contributed by atoms with E-state index in [2.05, 4.69) is 28.9 Å². The average Bonchev–Trinajstić information content (AvgIpc) is 3.17. The molecule has 0 saturated heterocycles. The average molecular weight is 450 g/mol. The van der Waals surface area contributed by atoms with Crippen LogP contribution in [-0.4, -0.2) is 19.3 Å². The molecule has 0 radical (unpaired) electrons. The lowest BCUT2D eigenvalue weighted by atomic mass is 10.2. The first-order valence-electron chi connectivity index (χ1n) is 8.85. The highest BCUT2D eigenvalue weighted by Gasteiger charge is 2.15. The molecule has 1 heterocycles. The number of halogens is 1. The van der Waals surface area contributed by atoms with Crippen LogP contribution in [0.5, 0.6) is 0 Å². The third kappa shape index (κ3) is 5.56. The molecule has 9 heteroatoms. The van der Waals surface area contributed by atoms with Crippen LogP contribution in [0.1, 0.15) is 40.8 Å². The topological polar surface area (TPSA) is 88.2 Å². The Balaban J connectivity index is 1.63. The van der Waals surface area contributed by atoms with Gasteiger partial charge in [0.15, 0.2) is 0 Å². The Bertz CT molecular complexity index is 1090. The van der Waals surface area contributed by atoms with Crippen LogP contribution in [0.15, 0.2) is 58.8 Å². The van der Waals surface area contributed by atoms with Gasteiger partial charge in [0.05, 0.1) is 22.1 Å². The molecule has 0 bridgehead atoms. The van der Waals surface area contributed by atoms with Crippen molar-refractivity contribution < 1.29 is 13.2 Å². The van der Waals surface area contributed by atoms with Gasteiger partial charge in [0, 0.05) is 27.6 Å². The Morgan fingerprint density at radius 2 is 1.76 bits per heavy atom. The number of benzene rings is 2. The molecule has 0 spiro atoms. The number of nitrogens with one attached hydrogen (secondary N) is 2. The van der Waals surface area contributed by atoms with Gasteiger partial charge in [0.25, 0.3) is 15.9 Å². The van der Waals surface area contributed by atoms with Gasteiger partial charge in [-0.25, -0.2) is 13.4 Å². The molecule has 2 aromatic carbocycles. The number of thiazole rings is 1. The van der Waals surface area contributed by atoms with Crippen LogP contribution in [0, 0.1) is 0 Å². The summed E-state index contributed by atoms with van der Waals surface area (Å²) in [5, 5.41) is 6.26. The summed E-state index contributed by atoms with van der Waals surface area (Å²) in [5.41, 5.74) is 1.58. The van der Waals surface area contributed by atoms with Crippen LogP contribution in [0.2, 0.25) is 5.02 Å². The van der Waals surface area contributed by atoms with E-state index in [1.54, 1.807) is 35.6 Å². The number of carbonyl (C=O) groups is 1. The number of carbonyl (C=O) groups excluding carboxylic acids is 1. The van der Waals surface area contributed by atoms with E-state index in [1.807, 2.05) is 5.38 Å². The van der Waals surface area contributed by atoms with E-state index < -0.39 is 10.0 Å². The number of hydrogen-bond donors (Lipinski definition) is 2. The molecule has 0 aliphatic rings. The van der Waals surface area contributed by atoms with E-state index in [4.69, 9.17) is 11.6 Å². The summed E-state index contributed by atoms with van der Waals surface area (Å²) < 4.78 is 27.4. The lowest BCUT2D eigenvalue weighted by Crippen LogP contribution is -2.23. The van der Waals surface area contributed by atoms with Crippen LogP contribution in [0.4, 0.5) is 5.69 Å². The molecule has 0 atom stereocenters. The highest BCUT2D eigenvalue weighted by atomic mass is 35.5. The van der Waals surface area contributed by atoms with Crippen molar-refractivity contribution in [1.29, 1.82) is 0 Å². The van der Waals surface area contributed by atoms with Crippen molar-refractivity contribution in [2.75, 3.05) is 4.72 Å². The summed E-state index contributed by atoms with van der Waals surface area (Å²) in [5.74, 6) is 0.0548. The monoisotopic (exact) mass is 449 g/mol. The fourth-order valence-electron chi connectivity index (χ4n) is 2.46. The highest BCUT2D eigenvalue weighted by molar-refractivity contribution is 7.92. The fraction of sp³-hybridized carbons (Fsp3) is 0.200. The van der Waals surface area contributed by atoms with Crippen molar-refractivity contribution in [2.45, 2.75) is 31.2 Å². The number of sulfonamides is 1. The van der Waals surface area contributed by atoms with E-state index >= 15 is 0 Å².